The van der Waals surface area contributed by atoms with Gasteiger partial charge in [-0.15, -0.1) is 5.10 Å². The minimum absolute atomic E-state index is 0.0690. The zero-order valence-corrected chi connectivity index (χ0v) is 17.4. The summed E-state index contributed by atoms with van der Waals surface area (Å²) in [6, 6.07) is 5.61. The molecule has 10 heteroatoms. The Hall–Kier alpha value is -3.07. The van der Waals surface area contributed by atoms with Crippen LogP contribution in [0, 0.1) is 19.7 Å². The van der Waals surface area contributed by atoms with Crippen LogP contribution >= 0.6 is 11.6 Å². The number of amides is 2. The SMILES string of the molecule is Cc1cc(C)n2nc(CC(=O)N3CCN(C(=O)c4ccc(F)cc4Cl)CC3)nc2n1. The molecule has 0 aliphatic carbocycles. The highest BCUT2D eigenvalue weighted by Crippen LogP contribution is 2.20. The quantitative estimate of drug-likeness (QED) is 0.635. The normalized spacial score (nSPS) is 14.4. The highest BCUT2D eigenvalue weighted by molar-refractivity contribution is 6.33. The van der Waals surface area contributed by atoms with Crippen LogP contribution in [0.3, 0.4) is 0 Å². The smallest absolute Gasteiger partial charge is 0.255 e. The van der Waals surface area contributed by atoms with Crippen LogP contribution in [0.1, 0.15) is 27.6 Å². The summed E-state index contributed by atoms with van der Waals surface area (Å²) < 4.78 is 14.8. The molecular weight excluding hydrogens is 411 g/mol. The number of halogens is 2. The molecule has 30 heavy (non-hydrogen) atoms. The lowest BCUT2D eigenvalue weighted by Gasteiger charge is -2.34. The molecule has 0 radical (unpaired) electrons. The zero-order valence-electron chi connectivity index (χ0n) is 16.6. The summed E-state index contributed by atoms with van der Waals surface area (Å²) in [5.74, 6) is 0.0194. The number of carbonyl (C=O) groups is 2. The molecule has 4 rings (SSSR count). The van der Waals surface area contributed by atoms with Crippen molar-refractivity contribution in [3.8, 4) is 0 Å². The first-order chi connectivity index (χ1) is 14.3. The Morgan fingerprint density at radius 2 is 1.77 bits per heavy atom. The first-order valence-corrected chi connectivity index (χ1v) is 9.91. The molecule has 2 aromatic heterocycles. The highest BCUT2D eigenvalue weighted by Gasteiger charge is 2.26. The van der Waals surface area contributed by atoms with Gasteiger partial charge in [-0.3, -0.25) is 9.59 Å². The van der Waals surface area contributed by atoms with Crippen molar-refractivity contribution >= 4 is 29.2 Å². The minimum Gasteiger partial charge on any atom is -0.339 e. The molecule has 1 fully saturated rings. The fourth-order valence-corrected chi connectivity index (χ4v) is 3.77. The Balaban J connectivity index is 1.38. The van der Waals surface area contributed by atoms with Crippen LogP contribution in [0.15, 0.2) is 24.3 Å². The van der Waals surface area contributed by atoms with Gasteiger partial charge in [0.25, 0.3) is 11.7 Å². The molecule has 3 heterocycles. The van der Waals surface area contributed by atoms with Crippen molar-refractivity contribution < 1.29 is 14.0 Å². The molecule has 0 bridgehead atoms. The van der Waals surface area contributed by atoms with Gasteiger partial charge in [-0.1, -0.05) is 11.6 Å². The van der Waals surface area contributed by atoms with E-state index in [2.05, 4.69) is 15.1 Å². The Morgan fingerprint density at radius 1 is 1.07 bits per heavy atom. The van der Waals surface area contributed by atoms with Crippen LogP contribution in [-0.2, 0) is 11.2 Å². The number of carbonyl (C=O) groups excluding carboxylic acids is 2. The second-order valence-corrected chi connectivity index (χ2v) is 7.66. The lowest BCUT2D eigenvalue weighted by molar-refractivity contribution is -0.132. The molecule has 1 aromatic carbocycles. The van der Waals surface area contributed by atoms with E-state index < -0.39 is 5.82 Å². The van der Waals surface area contributed by atoms with Crippen LogP contribution in [0.5, 0.6) is 0 Å². The number of nitrogens with zero attached hydrogens (tertiary/aromatic N) is 6. The summed E-state index contributed by atoms with van der Waals surface area (Å²) in [7, 11) is 0. The van der Waals surface area contributed by atoms with Crippen LogP contribution in [-0.4, -0.2) is 67.4 Å². The molecule has 156 valence electrons. The predicted molar refractivity (Wildman–Crippen MR) is 108 cm³/mol. The van der Waals surface area contributed by atoms with E-state index in [1.54, 1.807) is 14.3 Å². The second-order valence-electron chi connectivity index (χ2n) is 7.25. The molecule has 0 saturated carbocycles. The van der Waals surface area contributed by atoms with Crippen molar-refractivity contribution in [1.29, 1.82) is 0 Å². The fourth-order valence-electron chi connectivity index (χ4n) is 3.52. The van der Waals surface area contributed by atoms with Gasteiger partial charge in [-0.05, 0) is 38.1 Å². The van der Waals surface area contributed by atoms with Gasteiger partial charge in [0, 0.05) is 37.6 Å². The number of aromatic nitrogens is 4. The van der Waals surface area contributed by atoms with Gasteiger partial charge in [-0.25, -0.2) is 13.9 Å². The van der Waals surface area contributed by atoms with E-state index in [0.717, 1.165) is 17.5 Å². The Labute approximate surface area is 177 Å². The minimum atomic E-state index is -0.493. The van der Waals surface area contributed by atoms with Crippen LogP contribution in [0.4, 0.5) is 4.39 Å². The Kier molecular flexibility index (Phi) is 5.38. The molecule has 1 aliphatic rings. The third-order valence-electron chi connectivity index (χ3n) is 5.05. The zero-order chi connectivity index (χ0) is 21.4. The van der Waals surface area contributed by atoms with Gasteiger partial charge in [0.1, 0.15) is 5.82 Å². The number of piperazine rings is 1. The Bertz CT molecular complexity index is 1140. The van der Waals surface area contributed by atoms with E-state index in [0.29, 0.717) is 37.8 Å². The van der Waals surface area contributed by atoms with Gasteiger partial charge in [0.15, 0.2) is 5.82 Å². The molecule has 1 saturated heterocycles. The van der Waals surface area contributed by atoms with E-state index >= 15 is 0 Å². The van der Waals surface area contributed by atoms with Crippen molar-refractivity contribution in [3.05, 3.63) is 57.9 Å². The summed E-state index contributed by atoms with van der Waals surface area (Å²) in [4.78, 5) is 37.3. The van der Waals surface area contributed by atoms with Crippen LogP contribution in [0.25, 0.3) is 5.78 Å². The predicted octanol–water partition coefficient (Wildman–Crippen LogP) is 2.06. The van der Waals surface area contributed by atoms with Crippen molar-refractivity contribution in [1.82, 2.24) is 29.4 Å². The maximum atomic E-state index is 13.2. The van der Waals surface area contributed by atoms with Crippen LogP contribution < -0.4 is 0 Å². The number of benzene rings is 1. The van der Waals surface area contributed by atoms with E-state index in [4.69, 9.17) is 11.6 Å². The van der Waals surface area contributed by atoms with Gasteiger partial charge in [-0.2, -0.15) is 4.98 Å². The molecule has 0 spiro atoms. The summed E-state index contributed by atoms with van der Waals surface area (Å²) in [5.41, 5.74) is 1.99. The lowest BCUT2D eigenvalue weighted by atomic mass is 10.1. The van der Waals surface area contributed by atoms with Gasteiger partial charge < -0.3 is 9.80 Å². The van der Waals surface area contributed by atoms with Crippen molar-refractivity contribution in [2.75, 3.05) is 26.2 Å². The summed E-state index contributed by atoms with van der Waals surface area (Å²) in [5, 5.41) is 4.45. The van der Waals surface area contributed by atoms with E-state index in [1.165, 1.54) is 12.1 Å². The molecule has 8 nitrogen and oxygen atoms in total. The fraction of sp³-hybridized carbons (Fsp3) is 0.350. The highest BCUT2D eigenvalue weighted by atomic mass is 35.5. The monoisotopic (exact) mass is 430 g/mol. The molecular formula is C20H20ClFN6O2. The molecule has 1 aliphatic heterocycles. The first kappa shape index (κ1) is 20.2. The van der Waals surface area contributed by atoms with Crippen molar-refractivity contribution in [2.45, 2.75) is 20.3 Å². The summed E-state index contributed by atoms with van der Waals surface area (Å²) >= 11 is 5.99. The third-order valence-corrected chi connectivity index (χ3v) is 5.37. The number of hydrogen-bond donors (Lipinski definition) is 0. The Morgan fingerprint density at radius 3 is 2.47 bits per heavy atom. The van der Waals surface area contributed by atoms with Crippen LogP contribution in [0.2, 0.25) is 5.02 Å². The van der Waals surface area contributed by atoms with Gasteiger partial charge >= 0.3 is 0 Å². The molecule has 0 N–H and O–H groups in total. The molecule has 0 unspecified atom stereocenters. The van der Waals surface area contributed by atoms with Crippen molar-refractivity contribution in [2.24, 2.45) is 0 Å². The average Bonchev–Trinajstić information content (AvgIpc) is 3.10. The average molecular weight is 431 g/mol. The van der Waals surface area contributed by atoms with Gasteiger partial charge in [0.2, 0.25) is 5.91 Å². The standard InChI is InChI=1S/C20H20ClFN6O2/c1-12-9-13(2)28-20(23-12)24-17(25-28)11-18(29)26-5-7-27(8-6-26)19(30)15-4-3-14(22)10-16(15)21/h3-4,9-10H,5-8,11H2,1-2H3. The molecule has 0 atom stereocenters. The largest absolute Gasteiger partial charge is 0.339 e. The number of rotatable bonds is 3. The maximum absolute atomic E-state index is 13.2. The van der Waals surface area contributed by atoms with E-state index in [1.807, 2.05) is 19.9 Å². The topological polar surface area (TPSA) is 83.7 Å². The second kappa shape index (κ2) is 7.98. The summed E-state index contributed by atoms with van der Waals surface area (Å²) in [6.07, 6.45) is 0.0690. The number of aryl methyl sites for hydroxylation is 2. The summed E-state index contributed by atoms with van der Waals surface area (Å²) in [6.45, 7) is 5.33. The van der Waals surface area contributed by atoms with Crippen molar-refractivity contribution in [3.63, 3.8) is 0 Å². The molecule has 3 aromatic rings. The van der Waals surface area contributed by atoms with E-state index in [9.17, 15) is 14.0 Å². The molecule has 2 amide bonds. The first-order valence-electron chi connectivity index (χ1n) is 9.54. The lowest BCUT2D eigenvalue weighted by Crippen LogP contribution is -2.51. The van der Waals surface area contributed by atoms with E-state index in [-0.39, 0.29) is 28.8 Å². The van der Waals surface area contributed by atoms with Gasteiger partial charge in [0.05, 0.1) is 17.0 Å². The third kappa shape index (κ3) is 3.97. The number of fused-ring (bicyclic) bond motifs is 1. The maximum Gasteiger partial charge on any atom is 0.255 e. The number of hydrogen-bond acceptors (Lipinski definition) is 5.